The predicted molar refractivity (Wildman–Crippen MR) is 74.7 cm³/mol. The van der Waals surface area contributed by atoms with Gasteiger partial charge in [0.1, 0.15) is 0 Å². The summed E-state index contributed by atoms with van der Waals surface area (Å²) in [6, 6.07) is 5.82. The quantitative estimate of drug-likeness (QED) is 0.833. The molecule has 2 N–H and O–H groups in total. The summed E-state index contributed by atoms with van der Waals surface area (Å²) in [5, 5.41) is 4.16. The summed E-state index contributed by atoms with van der Waals surface area (Å²) in [5.41, 5.74) is 8.65. The molecule has 0 atom stereocenters. The van der Waals surface area contributed by atoms with Crippen LogP contribution >= 0.6 is 0 Å². The van der Waals surface area contributed by atoms with E-state index in [0.29, 0.717) is 17.5 Å². The zero-order chi connectivity index (χ0) is 13.2. The lowest BCUT2D eigenvalue weighted by molar-refractivity contribution is 0.385. The van der Waals surface area contributed by atoms with Gasteiger partial charge in [0.15, 0.2) is 5.82 Å². The number of hydrogen-bond acceptors (Lipinski definition) is 4. The van der Waals surface area contributed by atoms with Crippen LogP contribution in [-0.2, 0) is 0 Å². The summed E-state index contributed by atoms with van der Waals surface area (Å²) in [7, 11) is 0. The highest BCUT2D eigenvalue weighted by atomic mass is 16.5. The van der Waals surface area contributed by atoms with E-state index in [-0.39, 0.29) is 0 Å². The van der Waals surface area contributed by atoms with E-state index in [0.717, 1.165) is 17.0 Å². The normalized spacial score (nSPS) is 16.7. The van der Waals surface area contributed by atoms with Crippen molar-refractivity contribution in [2.75, 3.05) is 5.73 Å². The minimum absolute atomic E-state index is 0.455. The van der Waals surface area contributed by atoms with Crippen LogP contribution in [0.1, 0.15) is 49.4 Å². The zero-order valence-electron chi connectivity index (χ0n) is 11.2. The molecule has 4 heteroatoms. The number of aromatic nitrogens is 2. The Kier molecular flexibility index (Phi) is 3.23. The molecule has 1 aliphatic rings. The van der Waals surface area contributed by atoms with Gasteiger partial charge in [0, 0.05) is 11.6 Å². The fourth-order valence-corrected chi connectivity index (χ4v) is 2.85. The summed E-state index contributed by atoms with van der Waals surface area (Å²) >= 11 is 0. The van der Waals surface area contributed by atoms with Crippen LogP contribution in [0.25, 0.3) is 11.5 Å². The predicted octanol–water partition coefficient (Wildman–Crippen LogP) is 3.67. The SMILES string of the molecule is Cc1cccc(N)c1-c1nc(C2CCCCC2)no1. The second kappa shape index (κ2) is 5.03. The molecule has 0 bridgehead atoms. The Bertz CT molecular complexity index is 550. The average molecular weight is 257 g/mol. The second-order valence-electron chi connectivity index (χ2n) is 5.33. The lowest BCUT2D eigenvalue weighted by atomic mass is 9.89. The maximum Gasteiger partial charge on any atom is 0.260 e. The molecule has 3 rings (SSSR count). The van der Waals surface area contributed by atoms with E-state index >= 15 is 0 Å². The number of rotatable bonds is 2. The summed E-state index contributed by atoms with van der Waals surface area (Å²) in [6.45, 7) is 2.01. The molecule has 1 fully saturated rings. The summed E-state index contributed by atoms with van der Waals surface area (Å²) in [5.74, 6) is 1.85. The molecule has 1 heterocycles. The smallest absolute Gasteiger partial charge is 0.260 e. The van der Waals surface area contributed by atoms with Crippen LogP contribution < -0.4 is 5.73 Å². The van der Waals surface area contributed by atoms with E-state index in [1.165, 1.54) is 32.1 Å². The van der Waals surface area contributed by atoms with Gasteiger partial charge in [-0.1, -0.05) is 36.6 Å². The first-order chi connectivity index (χ1) is 9.25. The number of benzene rings is 1. The number of anilines is 1. The lowest BCUT2D eigenvalue weighted by Crippen LogP contribution is -2.06. The monoisotopic (exact) mass is 257 g/mol. The van der Waals surface area contributed by atoms with Gasteiger partial charge in [-0.15, -0.1) is 0 Å². The third-order valence-corrected chi connectivity index (χ3v) is 3.93. The van der Waals surface area contributed by atoms with Crippen LogP contribution in [0.3, 0.4) is 0 Å². The van der Waals surface area contributed by atoms with Gasteiger partial charge in [0.25, 0.3) is 5.89 Å². The standard InChI is InChI=1S/C15H19N3O/c1-10-6-5-9-12(16)13(10)15-17-14(18-19-15)11-7-3-2-4-8-11/h5-6,9,11H,2-4,7-8,16H2,1H3. The van der Waals surface area contributed by atoms with Crippen molar-refractivity contribution in [2.24, 2.45) is 0 Å². The Morgan fingerprint density at radius 1 is 1.21 bits per heavy atom. The first kappa shape index (κ1) is 12.2. The van der Waals surface area contributed by atoms with Crippen LogP contribution in [0.15, 0.2) is 22.7 Å². The number of nitrogen functional groups attached to an aromatic ring is 1. The minimum atomic E-state index is 0.455. The highest BCUT2D eigenvalue weighted by Crippen LogP contribution is 2.33. The third kappa shape index (κ3) is 2.35. The molecule has 19 heavy (non-hydrogen) atoms. The van der Waals surface area contributed by atoms with Gasteiger partial charge >= 0.3 is 0 Å². The van der Waals surface area contributed by atoms with Gasteiger partial charge in [-0.05, 0) is 31.4 Å². The van der Waals surface area contributed by atoms with Crippen LogP contribution in [0.4, 0.5) is 5.69 Å². The van der Waals surface area contributed by atoms with Crippen molar-refractivity contribution in [1.29, 1.82) is 0 Å². The van der Waals surface area contributed by atoms with Crippen molar-refractivity contribution < 1.29 is 4.52 Å². The van der Waals surface area contributed by atoms with Gasteiger partial charge in [-0.2, -0.15) is 4.98 Å². The number of hydrogen-bond donors (Lipinski definition) is 1. The zero-order valence-corrected chi connectivity index (χ0v) is 11.2. The van der Waals surface area contributed by atoms with E-state index < -0.39 is 0 Å². The second-order valence-corrected chi connectivity index (χ2v) is 5.33. The minimum Gasteiger partial charge on any atom is -0.398 e. The molecular formula is C15H19N3O. The number of nitrogens with two attached hydrogens (primary N) is 1. The average Bonchev–Trinajstić information content (AvgIpc) is 2.89. The van der Waals surface area contributed by atoms with Crippen molar-refractivity contribution in [3.05, 3.63) is 29.6 Å². The van der Waals surface area contributed by atoms with Crippen LogP contribution in [0, 0.1) is 6.92 Å². The van der Waals surface area contributed by atoms with E-state index in [9.17, 15) is 0 Å². The Morgan fingerprint density at radius 2 is 2.00 bits per heavy atom. The molecule has 0 unspecified atom stereocenters. The highest BCUT2D eigenvalue weighted by Gasteiger charge is 2.22. The van der Waals surface area contributed by atoms with Crippen molar-refractivity contribution in [1.82, 2.24) is 10.1 Å². The maximum atomic E-state index is 6.01. The Balaban J connectivity index is 1.92. The third-order valence-electron chi connectivity index (χ3n) is 3.93. The summed E-state index contributed by atoms with van der Waals surface area (Å²) < 4.78 is 5.42. The van der Waals surface area contributed by atoms with Gasteiger partial charge in [-0.3, -0.25) is 0 Å². The molecule has 4 nitrogen and oxygen atoms in total. The molecule has 1 aromatic carbocycles. The number of aryl methyl sites for hydroxylation is 1. The Morgan fingerprint density at radius 3 is 2.74 bits per heavy atom. The molecule has 1 aromatic heterocycles. The first-order valence-corrected chi connectivity index (χ1v) is 6.95. The van der Waals surface area contributed by atoms with Crippen LogP contribution in [0.5, 0.6) is 0 Å². The molecule has 1 aliphatic carbocycles. The van der Waals surface area contributed by atoms with E-state index in [2.05, 4.69) is 10.1 Å². The Labute approximate surface area is 113 Å². The number of nitrogens with zero attached hydrogens (tertiary/aromatic N) is 2. The Hall–Kier alpha value is -1.84. The molecular weight excluding hydrogens is 238 g/mol. The summed E-state index contributed by atoms with van der Waals surface area (Å²) in [4.78, 5) is 4.57. The molecule has 0 spiro atoms. The fourth-order valence-electron chi connectivity index (χ4n) is 2.85. The summed E-state index contributed by atoms with van der Waals surface area (Å²) in [6.07, 6.45) is 6.19. The highest BCUT2D eigenvalue weighted by molar-refractivity contribution is 5.73. The molecule has 0 saturated heterocycles. The van der Waals surface area contributed by atoms with E-state index in [1.807, 2.05) is 25.1 Å². The fraction of sp³-hybridized carbons (Fsp3) is 0.467. The maximum absolute atomic E-state index is 6.01. The topological polar surface area (TPSA) is 64.9 Å². The molecule has 0 aliphatic heterocycles. The van der Waals surface area contributed by atoms with E-state index in [1.54, 1.807) is 0 Å². The van der Waals surface area contributed by atoms with Crippen LogP contribution in [0.2, 0.25) is 0 Å². The van der Waals surface area contributed by atoms with E-state index in [4.69, 9.17) is 10.3 Å². The van der Waals surface area contributed by atoms with Gasteiger partial charge in [-0.25, -0.2) is 0 Å². The largest absolute Gasteiger partial charge is 0.398 e. The van der Waals surface area contributed by atoms with Gasteiger partial charge in [0.2, 0.25) is 0 Å². The molecule has 2 aromatic rings. The molecule has 1 saturated carbocycles. The van der Waals surface area contributed by atoms with Crippen LogP contribution in [-0.4, -0.2) is 10.1 Å². The lowest BCUT2D eigenvalue weighted by Gasteiger charge is -2.17. The van der Waals surface area contributed by atoms with Gasteiger partial charge in [0.05, 0.1) is 5.56 Å². The molecule has 0 radical (unpaired) electrons. The first-order valence-electron chi connectivity index (χ1n) is 6.95. The van der Waals surface area contributed by atoms with Crippen molar-refractivity contribution in [2.45, 2.75) is 44.9 Å². The molecule has 0 amide bonds. The van der Waals surface area contributed by atoms with Crippen molar-refractivity contribution in [3.63, 3.8) is 0 Å². The van der Waals surface area contributed by atoms with Gasteiger partial charge < -0.3 is 10.3 Å². The van der Waals surface area contributed by atoms with Crippen molar-refractivity contribution in [3.8, 4) is 11.5 Å². The van der Waals surface area contributed by atoms with Crippen molar-refractivity contribution >= 4 is 5.69 Å². The molecule has 100 valence electrons.